The van der Waals surface area contributed by atoms with Gasteiger partial charge in [0.25, 0.3) is 5.91 Å². The Bertz CT molecular complexity index is 1030. The quantitative estimate of drug-likeness (QED) is 0.533. The average Bonchev–Trinajstić information content (AvgIpc) is 3.39. The second-order valence-corrected chi connectivity index (χ2v) is 9.13. The minimum atomic E-state index is -0.118. The molecule has 2 aromatic carbocycles. The Morgan fingerprint density at radius 2 is 1.67 bits per heavy atom. The number of carbonyl (C=O) groups is 1. The minimum Gasteiger partial charge on any atom is -0.493 e. The predicted octanol–water partition coefficient (Wildman–Crippen LogP) is 4.45. The van der Waals surface area contributed by atoms with Gasteiger partial charge in [-0.1, -0.05) is 24.3 Å². The molecule has 1 saturated heterocycles. The number of nitrogens with one attached hydrogen (secondary N) is 1. The molecule has 0 saturated carbocycles. The number of nitrogens with zero attached hydrogens (tertiary/aromatic N) is 2. The van der Waals surface area contributed by atoms with Crippen molar-refractivity contribution in [2.45, 2.75) is 19.0 Å². The van der Waals surface area contributed by atoms with Crippen LogP contribution in [-0.2, 0) is 0 Å². The molecule has 1 amide bonds. The molecule has 1 aromatic heterocycles. The second-order valence-electron chi connectivity index (χ2n) is 8.15. The molecule has 1 N–H and O–H groups in total. The fraction of sp³-hybridized carbons (Fsp3) is 0.346. The number of rotatable bonds is 8. The monoisotopic (exact) mass is 465 g/mol. The molecule has 33 heavy (non-hydrogen) atoms. The van der Waals surface area contributed by atoms with Crippen LogP contribution in [0.1, 0.15) is 28.2 Å². The van der Waals surface area contributed by atoms with Crippen LogP contribution in [0.2, 0.25) is 0 Å². The zero-order chi connectivity index (χ0) is 23.2. The van der Waals surface area contributed by atoms with E-state index in [1.807, 2.05) is 0 Å². The Morgan fingerprint density at radius 3 is 2.30 bits per heavy atom. The van der Waals surface area contributed by atoms with E-state index in [2.05, 4.69) is 69.9 Å². The van der Waals surface area contributed by atoms with Crippen molar-refractivity contribution in [2.75, 3.05) is 45.3 Å². The van der Waals surface area contributed by atoms with E-state index < -0.39 is 0 Å². The zero-order valence-corrected chi connectivity index (χ0v) is 20.2. The summed E-state index contributed by atoms with van der Waals surface area (Å²) in [6, 6.07) is 20.1. The summed E-state index contributed by atoms with van der Waals surface area (Å²) in [6.45, 7) is 5.89. The molecule has 0 radical (unpaired) electrons. The number of piperazine rings is 1. The summed E-state index contributed by atoms with van der Waals surface area (Å²) in [6.07, 6.45) is 0. The van der Waals surface area contributed by atoms with Gasteiger partial charge in [-0.15, -0.1) is 11.3 Å². The van der Waals surface area contributed by atoms with Crippen LogP contribution in [0.25, 0.3) is 0 Å². The third-order valence-electron chi connectivity index (χ3n) is 6.14. The number of benzene rings is 2. The first kappa shape index (κ1) is 23.1. The smallest absolute Gasteiger partial charge is 0.251 e. The van der Waals surface area contributed by atoms with Gasteiger partial charge in [0.15, 0.2) is 11.5 Å². The first-order chi connectivity index (χ1) is 16.1. The van der Waals surface area contributed by atoms with Gasteiger partial charge in [0, 0.05) is 48.3 Å². The zero-order valence-electron chi connectivity index (χ0n) is 19.4. The van der Waals surface area contributed by atoms with Crippen LogP contribution in [0.4, 0.5) is 5.69 Å². The number of hydrogen-bond donors (Lipinski definition) is 1. The van der Waals surface area contributed by atoms with Crippen molar-refractivity contribution >= 4 is 22.9 Å². The van der Waals surface area contributed by atoms with E-state index >= 15 is 0 Å². The van der Waals surface area contributed by atoms with Crippen molar-refractivity contribution in [2.24, 2.45) is 0 Å². The highest BCUT2D eigenvalue weighted by Gasteiger charge is 2.31. The van der Waals surface area contributed by atoms with Crippen molar-refractivity contribution in [1.29, 1.82) is 0 Å². The molecule has 0 aliphatic carbocycles. The molecule has 4 rings (SSSR count). The molecule has 7 heteroatoms. The van der Waals surface area contributed by atoms with Gasteiger partial charge in [-0.3, -0.25) is 9.69 Å². The van der Waals surface area contributed by atoms with Crippen molar-refractivity contribution in [1.82, 2.24) is 10.2 Å². The van der Waals surface area contributed by atoms with Gasteiger partial charge in [-0.2, -0.15) is 0 Å². The number of hydrogen-bond acceptors (Lipinski definition) is 6. The van der Waals surface area contributed by atoms with E-state index in [9.17, 15) is 4.79 Å². The first-order valence-electron chi connectivity index (χ1n) is 11.2. The molecule has 0 spiro atoms. The molecule has 6 nitrogen and oxygen atoms in total. The number of para-hydroxylation sites is 1. The molecule has 0 unspecified atom stereocenters. The van der Waals surface area contributed by atoms with E-state index in [-0.39, 0.29) is 18.0 Å². The van der Waals surface area contributed by atoms with Crippen LogP contribution in [0.3, 0.4) is 0 Å². The molecule has 0 bridgehead atoms. The summed E-state index contributed by atoms with van der Waals surface area (Å²) >= 11 is 1.74. The molecule has 1 aliphatic heterocycles. The maximum absolute atomic E-state index is 13.1. The molecule has 1 aliphatic rings. The Balaban J connectivity index is 1.47. The average molecular weight is 466 g/mol. The van der Waals surface area contributed by atoms with E-state index in [0.29, 0.717) is 17.1 Å². The summed E-state index contributed by atoms with van der Waals surface area (Å²) in [5.41, 5.74) is 1.82. The van der Waals surface area contributed by atoms with Gasteiger partial charge in [-0.05, 0) is 48.7 Å². The number of amides is 1. The van der Waals surface area contributed by atoms with Crippen LogP contribution in [0.15, 0.2) is 66.0 Å². The molecule has 2 atom stereocenters. The molecular weight excluding hydrogens is 434 g/mol. The van der Waals surface area contributed by atoms with Crippen LogP contribution in [0, 0.1) is 0 Å². The third-order valence-corrected chi connectivity index (χ3v) is 7.08. The van der Waals surface area contributed by atoms with Crippen LogP contribution < -0.4 is 19.7 Å². The van der Waals surface area contributed by atoms with Crippen molar-refractivity contribution < 1.29 is 14.3 Å². The van der Waals surface area contributed by atoms with E-state index in [0.717, 1.165) is 26.2 Å². The van der Waals surface area contributed by atoms with Gasteiger partial charge in [0.1, 0.15) is 0 Å². The highest BCUT2D eigenvalue weighted by atomic mass is 32.1. The van der Waals surface area contributed by atoms with E-state index in [1.165, 1.54) is 10.6 Å². The number of anilines is 1. The van der Waals surface area contributed by atoms with E-state index in [1.54, 1.807) is 43.8 Å². The van der Waals surface area contributed by atoms with Gasteiger partial charge in [0.2, 0.25) is 0 Å². The number of ether oxygens (including phenoxy) is 2. The molecular formula is C26H31N3O3S. The lowest BCUT2D eigenvalue weighted by atomic mass is 10.0. The highest BCUT2D eigenvalue weighted by Crippen LogP contribution is 2.31. The lowest BCUT2D eigenvalue weighted by Gasteiger charge is -2.42. The Labute approximate surface area is 199 Å². The summed E-state index contributed by atoms with van der Waals surface area (Å²) in [7, 11) is 3.16. The summed E-state index contributed by atoms with van der Waals surface area (Å²) in [4.78, 5) is 19.3. The summed E-state index contributed by atoms with van der Waals surface area (Å²) in [5, 5.41) is 5.33. The van der Waals surface area contributed by atoms with Crippen LogP contribution in [-0.4, -0.2) is 57.2 Å². The van der Waals surface area contributed by atoms with Crippen molar-refractivity contribution in [3.05, 3.63) is 76.5 Å². The van der Waals surface area contributed by atoms with Gasteiger partial charge >= 0.3 is 0 Å². The predicted molar refractivity (Wildman–Crippen MR) is 134 cm³/mol. The maximum atomic E-state index is 13.1. The molecule has 2 heterocycles. The normalized spacial score (nSPS) is 16.2. The maximum Gasteiger partial charge on any atom is 0.251 e. The number of carbonyl (C=O) groups excluding carboxylic acids is 1. The topological polar surface area (TPSA) is 54.0 Å². The van der Waals surface area contributed by atoms with Crippen molar-refractivity contribution in [3.8, 4) is 11.5 Å². The van der Waals surface area contributed by atoms with Crippen LogP contribution in [0.5, 0.6) is 11.5 Å². The molecule has 3 aromatic rings. The lowest BCUT2D eigenvalue weighted by molar-refractivity contribution is 0.0890. The van der Waals surface area contributed by atoms with Gasteiger partial charge in [-0.25, -0.2) is 0 Å². The number of methoxy groups -OCH3 is 2. The molecule has 174 valence electrons. The highest BCUT2D eigenvalue weighted by molar-refractivity contribution is 7.10. The lowest BCUT2D eigenvalue weighted by Crippen LogP contribution is -2.52. The Kier molecular flexibility index (Phi) is 7.52. The summed E-state index contributed by atoms with van der Waals surface area (Å²) in [5.74, 6) is 1.03. The third kappa shape index (κ3) is 5.31. The van der Waals surface area contributed by atoms with Gasteiger partial charge < -0.3 is 19.7 Å². The SMILES string of the molecule is COc1ccc(C(=O)N[C@H](C)[C@H](c2cccs2)N2CCN(c3ccccc3)CC2)cc1OC. The standard InChI is InChI=1S/C26H31N3O3S/c1-19(27-26(30)20-11-12-22(31-2)23(18-20)32-3)25(24-10-7-17-33-24)29-15-13-28(14-16-29)21-8-5-4-6-9-21/h4-12,17-19,25H,13-16H2,1-3H3,(H,27,30)/t19-,25-/m1/s1. The fourth-order valence-corrected chi connectivity index (χ4v) is 5.41. The molecule has 1 fully saturated rings. The van der Waals surface area contributed by atoms with Crippen LogP contribution >= 0.6 is 11.3 Å². The minimum absolute atomic E-state index is 0.0625. The van der Waals surface area contributed by atoms with Gasteiger partial charge in [0.05, 0.1) is 20.3 Å². The Morgan fingerprint density at radius 1 is 0.939 bits per heavy atom. The van der Waals surface area contributed by atoms with E-state index in [4.69, 9.17) is 9.47 Å². The fourth-order valence-electron chi connectivity index (χ4n) is 4.45. The number of thiophene rings is 1. The summed E-state index contributed by atoms with van der Waals surface area (Å²) < 4.78 is 10.7. The Hall–Kier alpha value is -3.03. The largest absolute Gasteiger partial charge is 0.493 e. The second kappa shape index (κ2) is 10.7. The van der Waals surface area contributed by atoms with Crippen molar-refractivity contribution in [3.63, 3.8) is 0 Å². The first-order valence-corrected chi connectivity index (χ1v) is 12.1.